The van der Waals surface area contributed by atoms with Crippen molar-refractivity contribution in [3.05, 3.63) is 0 Å². The van der Waals surface area contributed by atoms with Crippen LogP contribution < -0.4 is 5.73 Å². The maximum Gasteiger partial charge on any atom is 0.0597 e. The summed E-state index contributed by atoms with van der Waals surface area (Å²) < 4.78 is 0. The van der Waals surface area contributed by atoms with Gasteiger partial charge in [0, 0.05) is 6.04 Å². The molecule has 2 nitrogen and oxygen atoms in total. The molecule has 1 saturated heterocycles. The molecule has 0 bridgehead atoms. The van der Waals surface area contributed by atoms with E-state index in [-0.39, 0.29) is 6.17 Å². The minimum atomic E-state index is 0.271. The monoisotopic (exact) mass is 156 g/mol. The molecule has 0 unspecified atom stereocenters. The van der Waals surface area contributed by atoms with Crippen LogP contribution in [0.3, 0.4) is 0 Å². The van der Waals surface area contributed by atoms with Crippen LogP contribution in [-0.4, -0.2) is 23.7 Å². The molecule has 0 radical (unpaired) electrons. The highest BCUT2D eigenvalue weighted by Crippen LogP contribution is 2.20. The number of nitrogens with two attached hydrogens (primary N) is 1. The first kappa shape index (κ1) is 9.01. The molecule has 0 saturated carbocycles. The van der Waals surface area contributed by atoms with Gasteiger partial charge in [-0.1, -0.05) is 13.8 Å². The quantitative estimate of drug-likeness (QED) is 0.655. The van der Waals surface area contributed by atoms with Crippen LogP contribution in [0.25, 0.3) is 0 Å². The Morgan fingerprint density at radius 1 is 1.45 bits per heavy atom. The van der Waals surface area contributed by atoms with Gasteiger partial charge in [-0.05, 0) is 32.2 Å². The van der Waals surface area contributed by atoms with E-state index in [4.69, 9.17) is 5.73 Å². The van der Waals surface area contributed by atoms with E-state index in [1.54, 1.807) is 0 Å². The average molecular weight is 156 g/mol. The average Bonchev–Trinajstić information content (AvgIpc) is 2.33. The minimum Gasteiger partial charge on any atom is -0.316 e. The molecule has 1 heterocycles. The predicted molar refractivity (Wildman–Crippen MR) is 48.2 cm³/mol. The molecule has 11 heavy (non-hydrogen) atoms. The molecule has 2 heteroatoms. The van der Waals surface area contributed by atoms with Gasteiger partial charge in [0.15, 0.2) is 0 Å². The zero-order chi connectivity index (χ0) is 8.43. The third-order valence-corrected chi connectivity index (χ3v) is 2.67. The topological polar surface area (TPSA) is 29.3 Å². The van der Waals surface area contributed by atoms with Crippen LogP contribution in [0.5, 0.6) is 0 Å². The van der Waals surface area contributed by atoms with Gasteiger partial charge in [-0.3, -0.25) is 4.90 Å². The smallest absolute Gasteiger partial charge is 0.0597 e. The van der Waals surface area contributed by atoms with Crippen molar-refractivity contribution in [1.29, 1.82) is 0 Å². The molecule has 66 valence electrons. The summed E-state index contributed by atoms with van der Waals surface area (Å²) in [6.07, 6.45) is 2.91. The molecular formula is C9H20N2. The number of likely N-dealkylation sites (tertiary alicyclic amines) is 1. The summed E-state index contributed by atoms with van der Waals surface area (Å²) in [7, 11) is 0. The standard InChI is InChI=1S/C9H20N2/c1-7(2)9(10)11-6-4-5-8(11)3/h7-9H,4-6,10H2,1-3H3/t8-,9-/m1/s1. The van der Waals surface area contributed by atoms with E-state index in [2.05, 4.69) is 25.7 Å². The second-order valence-corrected chi connectivity index (χ2v) is 3.96. The van der Waals surface area contributed by atoms with Crippen molar-refractivity contribution < 1.29 is 0 Å². The van der Waals surface area contributed by atoms with Gasteiger partial charge >= 0.3 is 0 Å². The van der Waals surface area contributed by atoms with Crippen LogP contribution >= 0.6 is 0 Å². The Hall–Kier alpha value is -0.0800. The van der Waals surface area contributed by atoms with Crippen LogP contribution in [0, 0.1) is 5.92 Å². The van der Waals surface area contributed by atoms with Crippen LogP contribution in [-0.2, 0) is 0 Å². The minimum absolute atomic E-state index is 0.271. The second-order valence-electron chi connectivity index (χ2n) is 3.96. The lowest BCUT2D eigenvalue weighted by Gasteiger charge is -2.30. The second kappa shape index (κ2) is 3.55. The Labute approximate surface area is 69.8 Å². The predicted octanol–water partition coefficient (Wildman–Crippen LogP) is 1.41. The van der Waals surface area contributed by atoms with Crippen molar-refractivity contribution in [2.75, 3.05) is 6.54 Å². The Bertz CT molecular complexity index is 123. The van der Waals surface area contributed by atoms with Gasteiger partial charge in [-0.2, -0.15) is 0 Å². The van der Waals surface area contributed by atoms with Gasteiger partial charge < -0.3 is 5.73 Å². The fourth-order valence-corrected chi connectivity index (χ4v) is 1.78. The lowest BCUT2D eigenvalue weighted by Crippen LogP contribution is -2.47. The van der Waals surface area contributed by atoms with Crippen LogP contribution in [0.1, 0.15) is 33.6 Å². The zero-order valence-electron chi connectivity index (χ0n) is 7.88. The molecule has 0 aliphatic carbocycles. The summed E-state index contributed by atoms with van der Waals surface area (Å²) in [5.74, 6) is 0.579. The number of rotatable bonds is 2. The lowest BCUT2D eigenvalue weighted by atomic mass is 10.1. The molecule has 0 aromatic heterocycles. The van der Waals surface area contributed by atoms with E-state index in [0.29, 0.717) is 12.0 Å². The third kappa shape index (κ3) is 1.94. The summed E-state index contributed by atoms with van der Waals surface area (Å²) in [6, 6.07) is 0.701. The van der Waals surface area contributed by atoms with Crippen LogP contribution in [0.2, 0.25) is 0 Å². The first-order chi connectivity index (χ1) is 5.13. The van der Waals surface area contributed by atoms with Gasteiger partial charge in [0.1, 0.15) is 0 Å². The highest BCUT2D eigenvalue weighted by Gasteiger charge is 2.26. The van der Waals surface area contributed by atoms with E-state index >= 15 is 0 Å². The normalized spacial score (nSPS) is 29.7. The van der Waals surface area contributed by atoms with E-state index in [1.165, 1.54) is 19.4 Å². The lowest BCUT2D eigenvalue weighted by molar-refractivity contribution is 0.153. The van der Waals surface area contributed by atoms with Crippen molar-refractivity contribution in [2.24, 2.45) is 11.7 Å². The van der Waals surface area contributed by atoms with Crippen molar-refractivity contribution in [3.8, 4) is 0 Å². The van der Waals surface area contributed by atoms with Gasteiger partial charge in [-0.25, -0.2) is 0 Å². The Kier molecular flexibility index (Phi) is 2.90. The van der Waals surface area contributed by atoms with Crippen molar-refractivity contribution in [2.45, 2.75) is 45.8 Å². The molecule has 0 amide bonds. The molecule has 1 fully saturated rings. The SMILES string of the molecule is CC(C)[C@H](N)N1CCC[C@H]1C. The van der Waals surface area contributed by atoms with Gasteiger partial charge in [0.25, 0.3) is 0 Å². The molecule has 0 aromatic carbocycles. The number of hydrogen-bond donors (Lipinski definition) is 1. The first-order valence-corrected chi connectivity index (χ1v) is 4.64. The fourth-order valence-electron chi connectivity index (χ4n) is 1.78. The molecule has 0 spiro atoms. The maximum atomic E-state index is 6.04. The Morgan fingerprint density at radius 2 is 2.09 bits per heavy atom. The van der Waals surface area contributed by atoms with E-state index in [0.717, 1.165) is 0 Å². The molecule has 1 rings (SSSR count). The van der Waals surface area contributed by atoms with Gasteiger partial charge in [0.05, 0.1) is 6.17 Å². The zero-order valence-corrected chi connectivity index (χ0v) is 7.88. The Balaban J connectivity index is 2.45. The fraction of sp³-hybridized carbons (Fsp3) is 1.00. The summed E-state index contributed by atoms with van der Waals surface area (Å²) in [6.45, 7) is 7.85. The molecule has 1 aliphatic heterocycles. The maximum absolute atomic E-state index is 6.04. The summed E-state index contributed by atoms with van der Waals surface area (Å²) in [5, 5.41) is 0. The van der Waals surface area contributed by atoms with E-state index in [1.807, 2.05) is 0 Å². The van der Waals surface area contributed by atoms with Gasteiger partial charge in [0.2, 0.25) is 0 Å². The number of hydrogen-bond acceptors (Lipinski definition) is 2. The van der Waals surface area contributed by atoms with E-state index < -0.39 is 0 Å². The Morgan fingerprint density at radius 3 is 2.45 bits per heavy atom. The highest BCUT2D eigenvalue weighted by atomic mass is 15.3. The van der Waals surface area contributed by atoms with Crippen LogP contribution in [0.4, 0.5) is 0 Å². The van der Waals surface area contributed by atoms with Crippen molar-refractivity contribution in [3.63, 3.8) is 0 Å². The largest absolute Gasteiger partial charge is 0.316 e. The summed E-state index contributed by atoms with van der Waals surface area (Å²) in [4.78, 5) is 2.42. The third-order valence-electron chi connectivity index (χ3n) is 2.67. The van der Waals surface area contributed by atoms with Gasteiger partial charge in [-0.15, -0.1) is 0 Å². The van der Waals surface area contributed by atoms with E-state index in [9.17, 15) is 0 Å². The molecular weight excluding hydrogens is 136 g/mol. The molecule has 1 aliphatic rings. The van der Waals surface area contributed by atoms with Crippen LogP contribution in [0.15, 0.2) is 0 Å². The first-order valence-electron chi connectivity index (χ1n) is 4.64. The van der Waals surface area contributed by atoms with Crippen molar-refractivity contribution in [1.82, 2.24) is 4.90 Å². The summed E-state index contributed by atoms with van der Waals surface area (Å²) in [5.41, 5.74) is 6.04. The molecule has 2 N–H and O–H groups in total. The highest BCUT2D eigenvalue weighted by molar-refractivity contribution is 4.80. The van der Waals surface area contributed by atoms with Crippen molar-refractivity contribution >= 4 is 0 Å². The molecule has 2 atom stereocenters. The summed E-state index contributed by atoms with van der Waals surface area (Å²) >= 11 is 0. The molecule has 0 aromatic rings. The number of nitrogens with zero attached hydrogens (tertiary/aromatic N) is 1.